The van der Waals surface area contributed by atoms with Gasteiger partial charge in [0.05, 0.1) is 0 Å². The summed E-state index contributed by atoms with van der Waals surface area (Å²) in [6.45, 7) is 0. The third-order valence-electron chi connectivity index (χ3n) is 1.23. The van der Waals surface area contributed by atoms with Gasteiger partial charge in [-0.1, -0.05) is 0 Å². The molecule has 0 heterocycles. The molecule has 0 atom stereocenters. The minimum atomic E-state index is 0.807. The zero-order chi connectivity index (χ0) is 8.10. The first-order valence-corrected chi connectivity index (χ1v) is 3.94. The number of hydrogen-bond acceptors (Lipinski definition) is 2. The van der Waals surface area contributed by atoms with E-state index in [2.05, 4.69) is 25.3 Å². The third-order valence-corrected chi connectivity index (χ3v) is 1.42. The van der Waals surface area contributed by atoms with Gasteiger partial charge >= 0.3 is 72.8 Å². The first kappa shape index (κ1) is 8.22. The van der Waals surface area contributed by atoms with Crippen molar-refractivity contribution in [2.24, 2.45) is 4.99 Å². The molecule has 1 rings (SSSR count). The SMILES string of the molecule is COc1cccc(N=C=[Se])c1. The normalized spacial score (nSPS) is 8.45. The van der Waals surface area contributed by atoms with Crippen LogP contribution in [0.4, 0.5) is 5.69 Å². The Morgan fingerprint density at radius 3 is 3.00 bits per heavy atom. The molecule has 0 aromatic heterocycles. The van der Waals surface area contributed by atoms with Crippen molar-refractivity contribution in [1.82, 2.24) is 0 Å². The van der Waals surface area contributed by atoms with E-state index < -0.39 is 0 Å². The van der Waals surface area contributed by atoms with Crippen molar-refractivity contribution in [3.63, 3.8) is 0 Å². The van der Waals surface area contributed by atoms with Gasteiger partial charge in [-0.15, -0.1) is 0 Å². The zero-order valence-corrected chi connectivity index (χ0v) is 7.79. The van der Waals surface area contributed by atoms with E-state index >= 15 is 0 Å². The number of benzene rings is 1. The standard InChI is InChI=1S/C8H7NOSe/c1-10-8-4-2-3-7(5-8)9-6-11/h2-5H,1H3. The second-order valence-electron chi connectivity index (χ2n) is 1.90. The first-order chi connectivity index (χ1) is 5.36. The molecule has 56 valence electrons. The van der Waals surface area contributed by atoms with E-state index in [1.54, 1.807) is 7.11 Å². The summed E-state index contributed by atoms with van der Waals surface area (Å²) in [7, 11) is 1.63. The van der Waals surface area contributed by atoms with Crippen molar-refractivity contribution in [2.75, 3.05) is 7.11 Å². The van der Waals surface area contributed by atoms with E-state index in [0.717, 1.165) is 11.4 Å². The molecule has 0 unspecified atom stereocenters. The van der Waals surface area contributed by atoms with E-state index in [1.807, 2.05) is 24.3 Å². The van der Waals surface area contributed by atoms with Gasteiger partial charge < -0.3 is 0 Å². The third kappa shape index (κ3) is 2.32. The number of nitrogens with zero attached hydrogens (tertiary/aromatic N) is 1. The Bertz CT molecular complexity index is 292. The second-order valence-corrected chi connectivity index (χ2v) is 2.29. The van der Waals surface area contributed by atoms with Crippen LogP contribution in [0, 0.1) is 0 Å². The average molecular weight is 212 g/mol. The summed E-state index contributed by atoms with van der Waals surface area (Å²) < 4.78 is 7.58. The van der Waals surface area contributed by atoms with Crippen LogP contribution in [0.15, 0.2) is 29.3 Å². The molecule has 0 aliphatic rings. The molecular formula is C8H7NOSe. The number of hydrogen-bond donors (Lipinski definition) is 0. The fourth-order valence-corrected chi connectivity index (χ4v) is 0.954. The molecule has 2 nitrogen and oxygen atoms in total. The van der Waals surface area contributed by atoms with E-state index in [0.29, 0.717) is 0 Å². The van der Waals surface area contributed by atoms with Gasteiger partial charge in [0.15, 0.2) is 0 Å². The molecule has 11 heavy (non-hydrogen) atoms. The van der Waals surface area contributed by atoms with Crippen LogP contribution in [0.2, 0.25) is 0 Å². The van der Waals surface area contributed by atoms with Gasteiger partial charge in [-0.05, 0) is 0 Å². The molecule has 0 aliphatic heterocycles. The molecule has 0 saturated carbocycles. The number of methoxy groups -OCH3 is 1. The van der Waals surface area contributed by atoms with E-state index in [-0.39, 0.29) is 0 Å². The van der Waals surface area contributed by atoms with Crippen LogP contribution in [-0.4, -0.2) is 27.4 Å². The van der Waals surface area contributed by atoms with Crippen molar-refractivity contribution >= 4 is 26.0 Å². The molecule has 3 heteroatoms. The van der Waals surface area contributed by atoms with Crippen LogP contribution in [-0.2, 0) is 0 Å². The summed E-state index contributed by atoms with van der Waals surface area (Å²) in [5, 5.41) is 0. The van der Waals surface area contributed by atoms with Crippen LogP contribution < -0.4 is 4.74 Å². The Morgan fingerprint density at radius 2 is 2.36 bits per heavy atom. The zero-order valence-electron chi connectivity index (χ0n) is 6.07. The van der Waals surface area contributed by atoms with E-state index in [4.69, 9.17) is 4.74 Å². The van der Waals surface area contributed by atoms with Crippen molar-refractivity contribution in [3.05, 3.63) is 24.3 Å². The monoisotopic (exact) mass is 213 g/mol. The van der Waals surface area contributed by atoms with Crippen molar-refractivity contribution in [2.45, 2.75) is 0 Å². The fraction of sp³-hybridized carbons (Fsp3) is 0.125. The quantitative estimate of drug-likeness (QED) is 0.536. The average Bonchev–Trinajstić information content (AvgIpc) is 2.06. The molecule has 0 fully saturated rings. The molecule has 1 aromatic rings. The molecule has 0 amide bonds. The Balaban J connectivity index is 3.00. The molecule has 0 radical (unpaired) electrons. The van der Waals surface area contributed by atoms with E-state index in [1.165, 1.54) is 0 Å². The topological polar surface area (TPSA) is 21.6 Å². The predicted molar refractivity (Wildman–Crippen MR) is 45.8 cm³/mol. The molecule has 1 aromatic carbocycles. The van der Waals surface area contributed by atoms with Gasteiger partial charge in [-0.25, -0.2) is 0 Å². The first-order valence-electron chi connectivity index (χ1n) is 3.09. The summed E-state index contributed by atoms with van der Waals surface area (Å²) >= 11 is 2.57. The summed E-state index contributed by atoms with van der Waals surface area (Å²) in [4.78, 5) is 3.93. The van der Waals surface area contributed by atoms with Crippen LogP contribution in [0.1, 0.15) is 0 Å². The predicted octanol–water partition coefficient (Wildman–Crippen LogP) is 1.40. The molecule has 0 saturated heterocycles. The minimum absolute atomic E-state index is 0.807. The molecule has 0 N–H and O–H groups in total. The summed E-state index contributed by atoms with van der Waals surface area (Å²) in [5.41, 5.74) is 0.836. The summed E-state index contributed by atoms with van der Waals surface area (Å²) in [5.74, 6) is 0.807. The van der Waals surface area contributed by atoms with Gasteiger partial charge in [0, 0.05) is 0 Å². The number of ether oxygens (including phenoxy) is 1. The molecular weight excluding hydrogens is 205 g/mol. The van der Waals surface area contributed by atoms with E-state index in [9.17, 15) is 0 Å². The van der Waals surface area contributed by atoms with Gasteiger partial charge in [0.2, 0.25) is 0 Å². The van der Waals surface area contributed by atoms with Crippen LogP contribution >= 0.6 is 0 Å². The Kier molecular flexibility index (Phi) is 3.06. The van der Waals surface area contributed by atoms with Crippen LogP contribution in [0.25, 0.3) is 0 Å². The van der Waals surface area contributed by atoms with Gasteiger partial charge in [-0.2, -0.15) is 0 Å². The fourth-order valence-electron chi connectivity index (χ4n) is 0.733. The Labute approximate surface area is 73.3 Å². The molecule has 0 aliphatic carbocycles. The van der Waals surface area contributed by atoms with Crippen molar-refractivity contribution in [3.8, 4) is 5.75 Å². The van der Waals surface area contributed by atoms with Gasteiger partial charge in [-0.3, -0.25) is 0 Å². The van der Waals surface area contributed by atoms with Gasteiger partial charge in [0.25, 0.3) is 0 Å². The molecule has 0 bridgehead atoms. The maximum atomic E-state index is 5.00. The Morgan fingerprint density at radius 1 is 1.55 bits per heavy atom. The summed E-state index contributed by atoms with van der Waals surface area (Å²) in [6, 6.07) is 7.48. The summed E-state index contributed by atoms with van der Waals surface area (Å²) in [6.07, 6.45) is 0. The van der Waals surface area contributed by atoms with Gasteiger partial charge in [0.1, 0.15) is 0 Å². The van der Waals surface area contributed by atoms with Crippen LogP contribution in [0.3, 0.4) is 0 Å². The maximum absolute atomic E-state index is 5.00. The second kappa shape index (κ2) is 4.09. The molecule has 0 spiro atoms. The Hall–Kier alpha value is -0.881. The number of aliphatic imine (C=N–C) groups is 1. The van der Waals surface area contributed by atoms with Crippen molar-refractivity contribution in [1.29, 1.82) is 0 Å². The van der Waals surface area contributed by atoms with Crippen molar-refractivity contribution < 1.29 is 4.74 Å². The number of rotatable bonds is 2. The van der Waals surface area contributed by atoms with Crippen LogP contribution in [0.5, 0.6) is 5.75 Å².